The molecular weight excluding hydrogens is 266 g/mol. The van der Waals surface area contributed by atoms with E-state index >= 15 is 0 Å². The van der Waals surface area contributed by atoms with Crippen LogP contribution in [0.4, 0.5) is 8.78 Å². The SMILES string of the molecule is COC(=O)CCCS(=O)(=O)c1ccc(F)c(F)c1. The van der Waals surface area contributed by atoms with Crippen LogP contribution in [0.5, 0.6) is 0 Å². The lowest BCUT2D eigenvalue weighted by Crippen LogP contribution is -2.10. The Morgan fingerprint density at radius 1 is 1.28 bits per heavy atom. The van der Waals surface area contributed by atoms with E-state index in [4.69, 9.17) is 0 Å². The van der Waals surface area contributed by atoms with Crippen molar-refractivity contribution in [1.82, 2.24) is 0 Å². The number of benzene rings is 1. The molecule has 0 fully saturated rings. The van der Waals surface area contributed by atoms with E-state index in [2.05, 4.69) is 4.74 Å². The maximum absolute atomic E-state index is 12.9. The highest BCUT2D eigenvalue weighted by Crippen LogP contribution is 2.16. The maximum Gasteiger partial charge on any atom is 0.305 e. The fourth-order valence-electron chi connectivity index (χ4n) is 1.30. The van der Waals surface area contributed by atoms with Crippen LogP contribution < -0.4 is 0 Å². The van der Waals surface area contributed by atoms with Crippen LogP contribution in [0.15, 0.2) is 23.1 Å². The van der Waals surface area contributed by atoms with E-state index in [9.17, 15) is 22.0 Å². The van der Waals surface area contributed by atoms with Gasteiger partial charge in [-0.3, -0.25) is 4.79 Å². The molecule has 0 heterocycles. The number of rotatable bonds is 5. The third kappa shape index (κ3) is 3.76. The van der Waals surface area contributed by atoms with E-state index in [1.54, 1.807) is 0 Å². The minimum Gasteiger partial charge on any atom is -0.469 e. The number of sulfone groups is 1. The van der Waals surface area contributed by atoms with Crippen molar-refractivity contribution in [2.75, 3.05) is 12.9 Å². The van der Waals surface area contributed by atoms with Gasteiger partial charge in [-0.2, -0.15) is 0 Å². The van der Waals surface area contributed by atoms with Crippen LogP contribution in [0.3, 0.4) is 0 Å². The molecule has 0 aliphatic carbocycles. The summed E-state index contributed by atoms with van der Waals surface area (Å²) in [4.78, 5) is 10.5. The number of halogens is 2. The molecule has 0 amide bonds. The zero-order chi connectivity index (χ0) is 13.8. The van der Waals surface area contributed by atoms with Crippen LogP contribution >= 0.6 is 0 Å². The van der Waals surface area contributed by atoms with Gasteiger partial charge in [0.2, 0.25) is 0 Å². The average molecular weight is 278 g/mol. The molecular formula is C11H12F2O4S. The molecule has 1 aromatic carbocycles. The van der Waals surface area contributed by atoms with Crippen LogP contribution in [-0.4, -0.2) is 27.2 Å². The fourth-order valence-corrected chi connectivity index (χ4v) is 2.62. The van der Waals surface area contributed by atoms with Crippen LogP contribution in [0.25, 0.3) is 0 Å². The van der Waals surface area contributed by atoms with Gasteiger partial charge in [0.15, 0.2) is 21.5 Å². The third-order valence-corrected chi connectivity index (χ3v) is 4.07. The van der Waals surface area contributed by atoms with Gasteiger partial charge >= 0.3 is 5.97 Å². The molecule has 0 aliphatic heterocycles. The summed E-state index contributed by atoms with van der Waals surface area (Å²) in [6.45, 7) is 0. The van der Waals surface area contributed by atoms with Crippen LogP contribution in [-0.2, 0) is 19.4 Å². The van der Waals surface area contributed by atoms with Gasteiger partial charge < -0.3 is 4.74 Å². The second-order valence-corrected chi connectivity index (χ2v) is 5.68. The largest absolute Gasteiger partial charge is 0.469 e. The van der Waals surface area contributed by atoms with Gasteiger partial charge in [-0.25, -0.2) is 17.2 Å². The zero-order valence-corrected chi connectivity index (χ0v) is 10.5. The number of hydrogen-bond acceptors (Lipinski definition) is 4. The van der Waals surface area contributed by atoms with Crippen molar-refractivity contribution < 1.29 is 26.7 Å². The van der Waals surface area contributed by atoms with Gasteiger partial charge in [0.05, 0.1) is 17.8 Å². The second-order valence-electron chi connectivity index (χ2n) is 3.57. The van der Waals surface area contributed by atoms with E-state index in [1.165, 1.54) is 7.11 Å². The molecule has 18 heavy (non-hydrogen) atoms. The highest BCUT2D eigenvalue weighted by molar-refractivity contribution is 7.91. The Hall–Kier alpha value is -1.50. The maximum atomic E-state index is 12.9. The molecule has 1 rings (SSSR count). The summed E-state index contributed by atoms with van der Waals surface area (Å²) in [6, 6.07) is 2.37. The number of carbonyl (C=O) groups is 1. The third-order valence-electron chi connectivity index (χ3n) is 2.27. The van der Waals surface area contributed by atoms with Gasteiger partial charge in [-0.1, -0.05) is 0 Å². The molecule has 0 saturated carbocycles. The first kappa shape index (κ1) is 14.6. The summed E-state index contributed by atoms with van der Waals surface area (Å²) in [5.74, 6) is -3.17. The summed E-state index contributed by atoms with van der Waals surface area (Å²) in [5.41, 5.74) is 0. The smallest absolute Gasteiger partial charge is 0.305 e. The predicted molar refractivity (Wildman–Crippen MR) is 59.7 cm³/mol. The molecule has 100 valence electrons. The highest BCUT2D eigenvalue weighted by Gasteiger charge is 2.17. The van der Waals surface area contributed by atoms with E-state index in [0.717, 1.165) is 12.1 Å². The number of methoxy groups -OCH3 is 1. The van der Waals surface area contributed by atoms with Gasteiger partial charge in [-0.05, 0) is 24.6 Å². The van der Waals surface area contributed by atoms with E-state index in [1.807, 2.05) is 0 Å². The van der Waals surface area contributed by atoms with E-state index < -0.39 is 27.4 Å². The molecule has 0 atom stereocenters. The van der Waals surface area contributed by atoms with E-state index in [-0.39, 0.29) is 23.5 Å². The molecule has 1 aromatic rings. The van der Waals surface area contributed by atoms with Gasteiger partial charge in [0, 0.05) is 6.42 Å². The van der Waals surface area contributed by atoms with Crippen molar-refractivity contribution in [3.8, 4) is 0 Å². The molecule has 0 N–H and O–H groups in total. The van der Waals surface area contributed by atoms with Gasteiger partial charge in [0.25, 0.3) is 0 Å². The molecule has 0 aromatic heterocycles. The first-order valence-electron chi connectivity index (χ1n) is 5.11. The first-order chi connectivity index (χ1) is 8.36. The summed E-state index contributed by atoms with van der Waals surface area (Å²) in [5, 5.41) is 0. The number of ether oxygens (including phenoxy) is 1. The minimum absolute atomic E-state index is 0.0423. The normalized spacial score (nSPS) is 11.3. The lowest BCUT2D eigenvalue weighted by Gasteiger charge is -2.04. The van der Waals surface area contributed by atoms with Crippen LogP contribution in [0, 0.1) is 11.6 Å². The lowest BCUT2D eigenvalue weighted by molar-refractivity contribution is -0.140. The quantitative estimate of drug-likeness (QED) is 0.607. The second kappa shape index (κ2) is 5.90. The highest BCUT2D eigenvalue weighted by atomic mass is 32.2. The number of esters is 1. The molecule has 0 bridgehead atoms. The molecule has 7 heteroatoms. The Kier molecular flexibility index (Phi) is 4.77. The Morgan fingerprint density at radius 3 is 2.50 bits per heavy atom. The summed E-state index contributed by atoms with van der Waals surface area (Å²) >= 11 is 0. The van der Waals surface area contributed by atoms with Crippen LogP contribution in [0.2, 0.25) is 0 Å². The molecule has 0 aliphatic rings. The van der Waals surface area contributed by atoms with Gasteiger partial charge in [0.1, 0.15) is 0 Å². The summed E-state index contributed by atoms with van der Waals surface area (Å²) in [7, 11) is -2.52. The fraction of sp³-hybridized carbons (Fsp3) is 0.364. The van der Waals surface area contributed by atoms with Crippen LogP contribution in [0.1, 0.15) is 12.8 Å². The van der Waals surface area contributed by atoms with E-state index in [0.29, 0.717) is 6.07 Å². The number of carbonyl (C=O) groups excluding carboxylic acids is 1. The topological polar surface area (TPSA) is 60.4 Å². The molecule has 0 unspecified atom stereocenters. The molecule has 0 saturated heterocycles. The standard InChI is InChI=1S/C11H12F2O4S/c1-17-11(14)3-2-6-18(15,16)8-4-5-9(12)10(13)7-8/h4-5,7H,2-3,6H2,1H3. The number of hydrogen-bond donors (Lipinski definition) is 0. The van der Waals surface area contributed by atoms with Gasteiger partial charge in [-0.15, -0.1) is 0 Å². The van der Waals surface area contributed by atoms with Crippen molar-refractivity contribution in [3.05, 3.63) is 29.8 Å². The minimum atomic E-state index is -3.72. The Morgan fingerprint density at radius 2 is 1.94 bits per heavy atom. The first-order valence-corrected chi connectivity index (χ1v) is 6.76. The summed E-state index contributed by atoms with van der Waals surface area (Å²) < 4.78 is 53.4. The van der Waals surface area contributed by atoms with Crippen molar-refractivity contribution in [1.29, 1.82) is 0 Å². The molecule has 0 spiro atoms. The monoisotopic (exact) mass is 278 g/mol. The predicted octanol–water partition coefficient (Wildman–Crippen LogP) is 1.69. The Bertz CT molecular complexity index is 540. The van der Waals surface area contributed by atoms with Crippen molar-refractivity contribution in [2.24, 2.45) is 0 Å². The molecule has 0 radical (unpaired) electrons. The molecule has 4 nitrogen and oxygen atoms in total. The summed E-state index contributed by atoms with van der Waals surface area (Å²) in [6.07, 6.45) is 0.0212. The Labute approximate surface area is 103 Å². The average Bonchev–Trinajstić information content (AvgIpc) is 2.32. The zero-order valence-electron chi connectivity index (χ0n) is 9.65. The van der Waals surface area contributed by atoms with Crippen molar-refractivity contribution in [3.63, 3.8) is 0 Å². The lowest BCUT2D eigenvalue weighted by atomic mass is 10.3. The Balaban J connectivity index is 2.74. The van der Waals surface area contributed by atoms with Crippen molar-refractivity contribution in [2.45, 2.75) is 17.7 Å². The van der Waals surface area contributed by atoms with Crippen molar-refractivity contribution >= 4 is 15.8 Å².